The highest BCUT2D eigenvalue weighted by atomic mass is 14.9. The van der Waals surface area contributed by atoms with Crippen molar-refractivity contribution in [2.24, 2.45) is 9.98 Å². The maximum Gasteiger partial charge on any atom is 0.0599 e. The third-order valence-electron chi connectivity index (χ3n) is 4.35. The van der Waals surface area contributed by atoms with Gasteiger partial charge in [-0.25, -0.2) is 0 Å². The molecule has 0 aromatic rings. The fourth-order valence-electron chi connectivity index (χ4n) is 3.12. The van der Waals surface area contributed by atoms with Crippen LogP contribution in [0.3, 0.4) is 0 Å². The average Bonchev–Trinajstić information content (AvgIpc) is 2.42. The van der Waals surface area contributed by atoms with Crippen molar-refractivity contribution in [1.29, 1.82) is 0 Å². The van der Waals surface area contributed by atoms with E-state index < -0.39 is 0 Å². The highest BCUT2D eigenvalue weighted by Gasteiger charge is 2.31. The second-order valence-electron chi connectivity index (χ2n) is 6.03. The van der Waals surface area contributed by atoms with Gasteiger partial charge in [-0.2, -0.15) is 0 Å². The smallest absolute Gasteiger partial charge is 0.0599 e. The Kier molecular flexibility index (Phi) is 6.74. The number of nitrogens with zero attached hydrogens (tertiary/aromatic N) is 2. The molecule has 0 aliphatic heterocycles. The van der Waals surface area contributed by atoms with Crippen molar-refractivity contribution in [3.8, 4) is 0 Å². The largest absolute Gasteiger partial charge is 0.291 e. The van der Waals surface area contributed by atoms with Gasteiger partial charge in [0.25, 0.3) is 0 Å². The van der Waals surface area contributed by atoms with Crippen LogP contribution in [0, 0.1) is 0 Å². The van der Waals surface area contributed by atoms with Crippen LogP contribution in [0.4, 0.5) is 0 Å². The molecule has 1 rings (SSSR count). The first-order valence-corrected chi connectivity index (χ1v) is 8.20. The zero-order chi connectivity index (χ0) is 14.3. The summed E-state index contributed by atoms with van der Waals surface area (Å²) in [4.78, 5) is 10.0. The number of aliphatic imine (C=N–C) groups is 2. The molecule has 1 aliphatic rings. The minimum absolute atomic E-state index is 0.139. The normalized spacial score (nSPS) is 26.9. The first kappa shape index (κ1) is 16.4. The monoisotopic (exact) mass is 264 g/mol. The minimum atomic E-state index is 0.139. The predicted molar refractivity (Wildman–Crippen MR) is 86.7 cm³/mol. The van der Waals surface area contributed by atoms with E-state index in [2.05, 4.69) is 34.6 Å². The lowest BCUT2D eigenvalue weighted by Crippen LogP contribution is -2.33. The highest BCUT2D eigenvalue weighted by molar-refractivity contribution is 5.84. The Bertz CT molecular complexity index is 318. The third kappa shape index (κ3) is 5.08. The fourth-order valence-corrected chi connectivity index (χ4v) is 3.12. The lowest BCUT2D eigenvalue weighted by Gasteiger charge is -2.34. The van der Waals surface area contributed by atoms with Gasteiger partial charge < -0.3 is 0 Å². The van der Waals surface area contributed by atoms with Gasteiger partial charge in [-0.05, 0) is 58.3 Å². The molecule has 19 heavy (non-hydrogen) atoms. The topological polar surface area (TPSA) is 24.7 Å². The molecule has 0 bridgehead atoms. The van der Waals surface area contributed by atoms with E-state index in [0.29, 0.717) is 6.04 Å². The first-order valence-electron chi connectivity index (χ1n) is 8.20. The van der Waals surface area contributed by atoms with Crippen molar-refractivity contribution in [3.63, 3.8) is 0 Å². The number of hydrogen-bond acceptors (Lipinski definition) is 2. The Balaban J connectivity index is 2.78. The molecule has 0 aromatic heterocycles. The third-order valence-corrected chi connectivity index (χ3v) is 4.35. The predicted octanol–water partition coefficient (Wildman–Crippen LogP) is 5.21. The van der Waals surface area contributed by atoms with E-state index in [0.717, 1.165) is 32.1 Å². The van der Waals surface area contributed by atoms with Crippen LogP contribution >= 0.6 is 0 Å². The van der Waals surface area contributed by atoms with Crippen molar-refractivity contribution in [1.82, 2.24) is 0 Å². The maximum absolute atomic E-state index is 5.06. The Morgan fingerprint density at radius 1 is 1.00 bits per heavy atom. The zero-order valence-corrected chi connectivity index (χ0v) is 13.6. The fraction of sp³-hybridized carbons (Fsp3) is 0.882. The molecule has 0 aromatic carbocycles. The average molecular weight is 264 g/mol. The molecule has 2 nitrogen and oxygen atoms in total. The molecule has 0 radical (unpaired) electrons. The quantitative estimate of drug-likeness (QED) is 0.588. The number of rotatable bonds is 6. The van der Waals surface area contributed by atoms with E-state index in [1.54, 1.807) is 0 Å². The SMILES string of the molecule is CCC(CC)=NC1CCCC(C)(N=C(CC)CC)C1. The molecule has 0 spiro atoms. The molecule has 1 saturated carbocycles. The van der Waals surface area contributed by atoms with Crippen LogP contribution in [0.1, 0.15) is 86.0 Å². The van der Waals surface area contributed by atoms with Gasteiger partial charge in [0, 0.05) is 11.4 Å². The molecule has 0 N–H and O–H groups in total. The molecule has 2 unspecified atom stereocenters. The van der Waals surface area contributed by atoms with Crippen molar-refractivity contribution in [2.45, 2.75) is 97.6 Å². The lowest BCUT2D eigenvalue weighted by atomic mass is 9.80. The first-order chi connectivity index (χ1) is 9.06. The molecular weight excluding hydrogens is 232 g/mol. The maximum atomic E-state index is 5.06. The molecule has 2 heteroatoms. The van der Waals surface area contributed by atoms with Gasteiger partial charge in [0.05, 0.1) is 11.6 Å². The van der Waals surface area contributed by atoms with E-state index in [1.807, 2.05) is 0 Å². The summed E-state index contributed by atoms with van der Waals surface area (Å²) >= 11 is 0. The zero-order valence-electron chi connectivity index (χ0n) is 13.6. The van der Waals surface area contributed by atoms with Gasteiger partial charge in [0.2, 0.25) is 0 Å². The Hall–Kier alpha value is -0.660. The summed E-state index contributed by atoms with van der Waals surface area (Å²) in [6, 6.07) is 0.507. The second-order valence-corrected chi connectivity index (χ2v) is 6.03. The molecule has 0 amide bonds. The van der Waals surface area contributed by atoms with Crippen LogP contribution < -0.4 is 0 Å². The van der Waals surface area contributed by atoms with Crippen molar-refractivity contribution in [3.05, 3.63) is 0 Å². The summed E-state index contributed by atoms with van der Waals surface area (Å²) in [7, 11) is 0. The van der Waals surface area contributed by atoms with Gasteiger partial charge in [0.1, 0.15) is 0 Å². The van der Waals surface area contributed by atoms with Crippen molar-refractivity contribution in [2.75, 3.05) is 0 Å². The summed E-state index contributed by atoms with van der Waals surface area (Å²) in [5, 5.41) is 0. The van der Waals surface area contributed by atoms with Crippen molar-refractivity contribution < 1.29 is 0 Å². The molecule has 110 valence electrons. The highest BCUT2D eigenvalue weighted by Crippen LogP contribution is 2.34. The van der Waals surface area contributed by atoms with E-state index in [9.17, 15) is 0 Å². The van der Waals surface area contributed by atoms with Crippen LogP contribution in [0.2, 0.25) is 0 Å². The molecule has 0 heterocycles. The standard InChI is InChI=1S/C17H32N2/c1-6-14(7-2)18-16-11-10-12-17(5,13-16)19-15(8-3)9-4/h16H,6-13H2,1-5H3. The van der Waals surface area contributed by atoms with E-state index in [1.165, 1.54) is 30.7 Å². The summed E-state index contributed by atoms with van der Waals surface area (Å²) < 4.78 is 0. The van der Waals surface area contributed by atoms with Crippen LogP contribution in [0.15, 0.2) is 9.98 Å². The van der Waals surface area contributed by atoms with Crippen LogP contribution in [0.25, 0.3) is 0 Å². The summed E-state index contributed by atoms with van der Waals surface area (Å²) in [5.41, 5.74) is 2.89. The number of hydrogen-bond donors (Lipinski definition) is 0. The molecule has 2 atom stereocenters. The molecular formula is C17H32N2. The van der Waals surface area contributed by atoms with Crippen molar-refractivity contribution >= 4 is 11.4 Å². The van der Waals surface area contributed by atoms with Gasteiger partial charge in [0.15, 0.2) is 0 Å². The molecule has 0 saturated heterocycles. The second kappa shape index (κ2) is 7.81. The van der Waals surface area contributed by atoms with Gasteiger partial charge >= 0.3 is 0 Å². The van der Waals surface area contributed by atoms with E-state index >= 15 is 0 Å². The molecule has 1 aliphatic carbocycles. The summed E-state index contributed by atoms with van der Waals surface area (Å²) in [6.07, 6.45) is 9.28. The van der Waals surface area contributed by atoms with Gasteiger partial charge in [-0.3, -0.25) is 9.98 Å². The Morgan fingerprint density at radius 2 is 1.58 bits per heavy atom. The molecule has 1 fully saturated rings. The van der Waals surface area contributed by atoms with Gasteiger partial charge in [-0.15, -0.1) is 0 Å². The van der Waals surface area contributed by atoms with Crippen LogP contribution in [0.5, 0.6) is 0 Å². The summed E-state index contributed by atoms with van der Waals surface area (Å²) in [5.74, 6) is 0. The van der Waals surface area contributed by atoms with Gasteiger partial charge in [-0.1, -0.05) is 27.7 Å². The minimum Gasteiger partial charge on any atom is -0.291 e. The van der Waals surface area contributed by atoms with E-state index in [4.69, 9.17) is 9.98 Å². The van der Waals surface area contributed by atoms with Crippen LogP contribution in [-0.2, 0) is 0 Å². The Morgan fingerprint density at radius 3 is 2.11 bits per heavy atom. The summed E-state index contributed by atoms with van der Waals surface area (Å²) in [6.45, 7) is 11.2. The lowest BCUT2D eigenvalue weighted by molar-refractivity contribution is 0.294. The van der Waals surface area contributed by atoms with E-state index in [-0.39, 0.29) is 5.54 Å². The van der Waals surface area contributed by atoms with Crippen LogP contribution in [-0.4, -0.2) is 23.0 Å². The Labute approximate surface area is 119 Å².